The standard InChI is InChI=1S/C14H19NO4/c1-14(2,3)19-13(18)15-11(12(16)17)9-10-7-5-4-6-8-10/h4-8,11H,9H2,1-3H3,(H,15,18)(H,16,17)/t11-/m0/s1/i9+1. The van der Waals surface area contributed by atoms with Gasteiger partial charge in [0.15, 0.2) is 0 Å². The lowest BCUT2D eigenvalue weighted by Gasteiger charge is -2.22. The molecule has 0 bridgehead atoms. The van der Waals surface area contributed by atoms with Crippen molar-refractivity contribution in [2.75, 3.05) is 0 Å². The van der Waals surface area contributed by atoms with Gasteiger partial charge >= 0.3 is 12.1 Å². The van der Waals surface area contributed by atoms with Crippen LogP contribution in [0, 0.1) is 0 Å². The zero-order valence-electron chi connectivity index (χ0n) is 11.3. The Hall–Kier alpha value is -2.04. The van der Waals surface area contributed by atoms with E-state index in [1.807, 2.05) is 30.3 Å². The largest absolute Gasteiger partial charge is 0.480 e. The van der Waals surface area contributed by atoms with E-state index in [1.165, 1.54) is 0 Å². The van der Waals surface area contributed by atoms with Gasteiger partial charge in [-0.05, 0) is 26.3 Å². The van der Waals surface area contributed by atoms with Crippen molar-refractivity contribution in [1.29, 1.82) is 0 Å². The van der Waals surface area contributed by atoms with Crippen LogP contribution in [-0.2, 0) is 16.0 Å². The molecule has 1 rings (SSSR count). The average Bonchev–Trinajstić information content (AvgIpc) is 2.26. The van der Waals surface area contributed by atoms with Gasteiger partial charge in [-0.15, -0.1) is 0 Å². The van der Waals surface area contributed by atoms with Gasteiger partial charge in [-0.1, -0.05) is 30.3 Å². The lowest BCUT2D eigenvalue weighted by Crippen LogP contribution is -2.44. The van der Waals surface area contributed by atoms with Crippen molar-refractivity contribution in [3.05, 3.63) is 35.9 Å². The maximum absolute atomic E-state index is 11.6. The summed E-state index contributed by atoms with van der Waals surface area (Å²) in [4.78, 5) is 22.7. The van der Waals surface area contributed by atoms with Crippen LogP contribution in [0.1, 0.15) is 26.3 Å². The molecule has 0 aliphatic heterocycles. The summed E-state index contributed by atoms with van der Waals surface area (Å²) in [5.41, 5.74) is 0.186. The van der Waals surface area contributed by atoms with Crippen LogP contribution in [-0.4, -0.2) is 28.8 Å². The maximum Gasteiger partial charge on any atom is 0.408 e. The second-order valence-corrected chi connectivity index (χ2v) is 5.23. The number of amides is 1. The van der Waals surface area contributed by atoms with E-state index in [0.29, 0.717) is 0 Å². The summed E-state index contributed by atoms with van der Waals surface area (Å²) in [6.07, 6.45) is -0.508. The molecule has 104 valence electrons. The number of carboxylic acids is 1. The third-order valence-corrected chi connectivity index (χ3v) is 2.27. The van der Waals surface area contributed by atoms with Gasteiger partial charge < -0.3 is 15.2 Å². The monoisotopic (exact) mass is 266 g/mol. The fraction of sp³-hybridized carbons (Fsp3) is 0.429. The summed E-state index contributed by atoms with van der Waals surface area (Å²) < 4.78 is 5.04. The minimum Gasteiger partial charge on any atom is -0.480 e. The van der Waals surface area contributed by atoms with Gasteiger partial charge in [-0.3, -0.25) is 0 Å². The first-order valence-electron chi connectivity index (χ1n) is 6.04. The first-order chi connectivity index (χ1) is 8.78. The predicted octanol–water partition coefficient (Wildman–Crippen LogP) is 2.21. The normalized spacial score (nSPS) is 12.6. The van der Waals surface area contributed by atoms with Crippen molar-refractivity contribution in [1.82, 2.24) is 5.32 Å². The Bertz CT molecular complexity index is 437. The SMILES string of the molecule is CC(C)(C)OC(=O)N[C@@H]([13CH2]c1ccccc1)C(=O)O. The maximum atomic E-state index is 11.6. The number of ether oxygens (including phenoxy) is 1. The zero-order chi connectivity index (χ0) is 14.5. The number of aliphatic carboxylic acids is 1. The number of nitrogens with one attached hydrogen (secondary N) is 1. The van der Waals surface area contributed by atoms with Gasteiger partial charge in [-0.2, -0.15) is 0 Å². The Morgan fingerprint density at radius 3 is 2.32 bits per heavy atom. The lowest BCUT2D eigenvalue weighted by atomic mass is 10.2. The average molecular weight is 266 g/mol. The number of benzene rings is 1. The van der Waals surface area contributed by atoms with E-state index in [1.54, 1.807) is 20.8 Å². The zero-order valence-corrected chi connectivity index (χ0v) is 11.3. The number of alkyl carbamates (subject to hydrolysis) is 1. The molecule has 0 heterocycles. The predicted molar refractivity (Wildman–Crippen MR) is 70.9 cm³/mol. The first-order valence-corrected chi connectivity index (χ1v) is 6.04. The van der Waals surface area contributed by atoms with Gasteiger partial charge in [0, 0.05) is 6.42 Å². The number of carbonyl (C=O) groups is 2. The van der Waals surface area contributed by atoms with Crippen LogP contribution in [0.5, 0.6) is 0 Å². The molecule has 0 unspecified atom stereocenters. The molecule has 2 N–H and O–H groups in total. The van der Waals surface area contributed by atoms with E-state index in [-0.39, 0.29) is 6.42 Å². The van der Waals surface area contributed by atoms with Crippen LogP contribution in [0.3, 0.4) is 0 Å². The highest BCUT2D eigenvalue weighted by molar-refractivity contribution is 5.80. The molecule has 0 radical (unpaired) electrons. The van der Waals surface area contributed by atoms with Gasteiger partial charge in [0.05, 0.1) is 0 Å². The number of hydrogen-bond donors (Lipinski definition) is 2. The summed E-state index contributed by atoms with van der Waals surface area (Å²) in [6, 6.07) is 8.11. The Morgan fingerprint density at radius 2 is 1.84 bits per heavy atom. The van der Waals surface area contributed by atoms with Crippen LogP contribution >= 0.6 is 0 Å². The summed E-state index contributed by atoms with van der Waals surface area (Å²) in [5.74, 6) is -1.09. The molecule has 5 heteroatoms. The van der Waals surface area contributed by atoms with Crippen molar-refractivity contribution in [3.8, 4) is 0 Å². The van der Waals surface area contributed by atoms with E-state index >= 15 is 0 Å². The van der Waals surface area contributed by atoms with Gasteiger partial charge in [0.25, 0.3) is 0 Å². The van der Waals surface area contributed by atoms with Crippen molar-refractivity contribution in [3.63, 3.8) is 0 Å². The molecule has 5 nitrogen and oxygen atoms in total. The topological polar surface area (TPSA) is 75.6 Å². The third-order valence-electron chi connectivity index (χ3n) is 2.27. The molecule has 1 aromatic carbocycles. The van der Waals surface area contributed by atoms with Crippen LogP contribution in [0.15, 0.2) is 30.3 Å². The van der Waals surface area contributed by atoms with E-state index in [0.717, 1.165) is 5.56 Å². The summed E-state index contributed by atoms with van der Waals surface area (Å²) in [6.45, 7) is 5.17. The minimum atomic E-state index is -1.09. The molecule has 0 spiro atoms. The molecular formula is C14H19NO4. The van der Waals surface area contributed by atoms with Gasteiger partial charge in [-0.25, -0.2) is 9.59 Å². The smallest absolute Gasteiger partial charge is 0.408 e. The fourth-order valence-electron chi connectivity index (χ4n) is 1.50. The number of rotatable bonds is 4. The number of hydrogen-bond acceptors (Lipinski definition) is 3. The highest BCUT2D eigenvalue weighted by Gasteiger charge is 2.23. The Morgan fingerprint density at radius 1 is 1.26 bits per heavy atom. The molecule has 0 saturated carbocycles. The molecule has 1 aromatic rings. The Balaban J connectivity index is 2.64. The van der Waals surface area contributed by atoms with Gasteiger partial charge in [0.2, 0.25) is 0 Å². The Kier molecular flexibility index (Phi) is 4.92. The molecule has 0 aliphatic rings. The quantitative estimate of drug-likeness (QED) is 0.819. The molecule has 0 aromatic heterocycles. The molecule has 1 atom stereocenters. The van der Waals surface area contributed by atoms with E-state index < -0.39 is 23.7 Å². The van der Waals surface area contributed by atoms with Crippen LogP contribution < -0.4 is 5.32 Å². The van der Waals surface area contributed by atoms with Crippen molar-refractivity contribution < 1.29 is 19.4 Å². The second kappa shape index (κ2) is 6.22. The van der Waals surface area contributed by atoms with Crippen molar-refractivity contribution in [2.45, 2.75) is 38.8 Å². The first kappa shape index (κ1) is 15.0. The highest BCUT2D eigenvalue weighted by Crippen LogP contribution is 2.08. The second-order valence-electron chi connectivity index (χ2n) is 5.23. The van der Waals surface area contributed by atoms with Crippen LogP contribution in [0.25, 0.3) is 0 Å². The molecule has 0 saturated heterocycles. The summed E-state index contributed by atoms with van der Waals surface area (Å²) in [5, 5.41) is 11.5. The molecule has 0 fully saturated rings. The molecular weight excluding hydrogens is 247 g/mol. The van der Waals surface area contributed by atoms with E-state index in [4.69, 9.17) is 9.84 Å². The highest BCUT2D eigenvalue weighted by atomic mass is 16.6. The number of carbonyl (C=O) groups excluding carboxylic acids is 1. The third kappa shape index (κ3) is 5.90. The van der Waals surface area contributed by atoms with Crippen molar-refractivity contribution in [2.24, 2.45) is 0 Å². The van der Waals surface area contributed by atoms with E-state index in [2.05, 4.69) is 5.32 Å². The van der Waals surface area contributed by atoms with Gasteiger partial charge in [0.1, 0.15) is 11.6 Å². The van der Waals surface area contributed by atoms with Crippen LogP contribution in [0.2, 0.25) is 0 Å². The molecule has 19 heavy (non-hydrogen) atoms. The Labute approximate surface area is 112 Å². The minimum absolute atomic E-state index is 0.218. The number of carboxylic acid groups (broad SMARTS) is 1. The lowest BCUT2D eigenvalue weighted by molar-refractivity contribution is -0.139. The summed E-state index contributed by atoms with van der Waals surface area (Å²) >= 11 is 0. The molecule has 1 amide bonds. The van der Waals surface area contributed by atoms with E-state index in [9.17, 15) is 9.59 Å². The van der Waals surface area contributed by atoms with Crippen molar-refractivity contribution >= 4 is 12.1 Å². The fourth-order valence-corrected chi connectivity index (χ4v) is 1.50. The molecule has 0 aliphatic carbocycles. The summed E-state index contributed by atoms with van der Waals surface area (Å²) in [7, 11) is 0. The van der Waals surface area contributed by atoms with Crippen LogP contribution in [0.4, 0.5) is 4.79 Å².